The monoisotopic (exact) mass is 369 g/mol. The minimum absolute atomic E-state index is 0.0332. The van der Waals surface area contributed by atoms with Crippen molar-refractivity contribution in [2.45, 2.75) is 19.4 Å². The second kappa shape index (κ2) is 8.08. The summed E-state index contributed by atoms with van der Waals surface area (Å²) in [5.74, 6) is -2.53. The normalized spacial score (nSPS) is 11.9. The van der Waals surface area contributed by atoms with Crippen molar-refractivity contribution in [3.8, 4) is 0 Å². The Morgan fingerprint density at radius 2 is 1.67 bits per heavy atom. The van der Waals surface area contributed by atoms with Crippen LogP contribution in [-0.2, 0) is 0 Å². The molecule has 0 spiro atoms. The molecule has 0 radical (unpaired) electrons. The number of hydrogen-bond donors (Lipinski definition) is 1. The van der Waals surface area contributed by atoms with Gasteiger partial charge in [0.25, 0.3) is 0 Å². The first-order chi connectivity index (χ1) is 12.9. The Bertz CT molecular complexity index is 954. The number of ketones is 1. The quantitative estimate of drug-likeness (QED) is 0.553. The maximum atomic E-state index is 13.7. The summed E-state index contributed by atoms with van der Waals surface area (Å²) >= 11 is 0. The van der Waals surface area contributed by atoms with Gasteiger partial charge in [-0.1, -0.05) is 42.0 Å². The van der Waals surface area contributed by atoms with Gasteiger partial charge in [0.15, 0.2) is 17.4 Å². The lowest BCUT2D eigenvalue weighted by atomic mass is 9.97. The smallest absolute Gasteiger partial charge is 0.165 e. The van der Waals surface area contributed by atoms with Crippen LogP contribution in [0.25, 0.3) is 0 Å². The van der Waals surface area contributed by atoms with E-state index in [9.17, 15) is 18.0 Å². The minimum atomic E-state index is -0.997. The molecule has 0 aliphatic heterocycles. The van der Waals surface area contributed by atoms with Gasteiger partial charge in [0.05, 0.1) is 6.04 Å². The molecule has 3 aromatic rings. The fourth-order valence-electron chi connectivity index (χ4n) is 2.81. The number of aryl methyl sites for hydroxylation is 1. The highest BCUT2D eigenvalue weighted by Crippen LogP contribution is 2.26. The Balaban J connectivity index is 1.88. The molecule has 1 atom stereocenters. The molecule has 0 aliphatic rings. The molecule has 27 heavy (non-hydrogen) atoms. The van der Waals surface area contributed by atoms with Gasteiger partial charge in [0.2, 0.25) is 0 Å². The lowest BCUT2D eigenvalue weighted by Gasteiger charge is -2.20. The number of Topliss-reactive ketones (excluding diaryl/α,β-unsaturated/α-hetero) is 1. The van der Waals surface area contributed by atoms with E-state index in [0.29, 0.717) is 16.8 Å². The summed E-state index contributed by atoms with van der Waals surface area (Å²) in [5, 5.41) is 3.01. The van der Waals surface area contributed by atoms with Crippen molar-refractivity contribution >= 4 is 11.5 Å². The Kier molecular flexibility index (Phi) is 5.60. The van der Waals surface area contributed by atoms with Crippen LogP contribution in [0.4, 0.5) is 18.9 Å². The summed E-state index contributed by atoms with van der Waals surface area (Å²) < 4.78 is 40.4. The zero-order valence-corrected chi connectivity index (χ0v) is 14.7. The minimum Gasteiger partial charge on any atom is -0.378 e. The fourth-order valence-corrected chi connectivity index (χ4v) is 2.81. The lowest BCUT2D eigenvalue weighted by Crippen LogP contribution is -2.16. The van der Waals surface area contributed by atoms with Crippen LogP contribution in [0, 0.1) is 24.4 Å². The van der Waals surface area contributed by atoms with Crippen LogP contribution in [0.2, 0.25) is 0 Å². The molecule has 3 aromatic carbocycles. The van der Waals surface area contributed by atoms with E-state index in [1.807, 2.05) is 19.1 Å². The van der Waals surface area contributed by atoms with Gasteiger partial charge in [-0.25, -0.2) is 13.2 Å². The van der Waals surface area contributed by atoms with E-state index < -0.39 is 23.5 Å². The topological polar surface area (TPSA) is 29.1 Å². The number of halogens is 3. The Morgan fingerprint density at radius 3 is 2.33 bits per heavy atom. The van der Waals surface area contributed by atoms with Crippen LogP contribution >= 0.6 is 0 Å². The number of carbonyl (C=O) groups is 1. The third-order valence-electron chi connectivity index (χ3n) is 4.27. The number of nitrogens with one attached hydrogen (secondary N) is 1. The zero-order valence-electron chi connectivity index (χ0n) is 14.7. The molecule has 0 aliphatic carbocycles. The van der Waals surface area contributed by atoms with E-state index in [1.54, 1.807) is 24.3 Å². The summed E-state index contributed by atoms with van der Waals surface area (Å²) in [7, 11) is 0. The van der Waals surface area contributed by atoms with E-state index in [4.69, 9.17) is 0 Å². The largest absolute Gasteiger partial charge is 0.378 e. The van der Waals surface area contributed by atoms with Crippen molar-refractivity contribution in [2.75, 3.05) is 5.32 Å². The average Bonchev–Trinajstić information content (AvgIpc) is 2.64. The molecule has 1 unspecified atom stereocenters. The molecule has 138 valence electrons. The van der Waals surface area contributed by atoms with Crippen LogP contribution in [-0.4, -0.2) is 5.78 Å². The summed E-state index contributed by atoms with van der Waals surface area (Å²) in [6, 6.07) is 15.8. The SMILES string of the molecule is Cc1ccc(C(=O)CC(Nc2ccc(F)c(F)c2)c2cccc(F)c2)cc1. The second-order valence-electron chi connectivity index (χ2n) is 6.37. The van der Waals surface area contributed by atoms with Gasteiger partial charge in [-0.15, -0.1) is 0 Å². The van der Waals surface area contributed by atoms with Gasteiger partial charge in [-0.05, 0) is 36.8 Å². The number of rotatable bonds is 6. The van der Waals surface area contributed by atoms with Gasteiger partial charge < -0.3 is 5.32 Å². The molecular weight excluding hydrogens is 351 g/mol. The molecule has 0 aromatic heterocycles. The van der Waals surface area contributed by atoms with Crippen LogP contribution < -0.4 is 5.32 Å². The van der Waals surface area contributed by atoms with Crippen molar-refractivity contribution in [3.63, 3.8) is 0 Å². The molecular formula is C22H18F3NO. The van der Waals surface area contributed by atoms with Gasteiger partial charge >= 0.3 is 0 Å². The van der Waals surface area contributed by atoms with E-state index in [0.717, 1.165) is 17.7 Å². The summed E-state index contributed by atoms with van der Waals surface area (Å²) in [6.07, 6.45) is 0.0332. The standard InChI is InChI=1S/C22H18F3NO/c1-14-5-7-15(8-6-14)22(27)13-21(16-3-2-4-17(23)11-16)26-18-9-10-19(24)20(25)12-18/h2-12,21,26H,13H2,1H3. The average molecular weight is 369 g/mol. The van der Waals surface area contributed by atoms with Crippen LogP contribution in [0.15, 0.2) is 66.7 Å². The van der Waals surface area contributed by atoms with Crippen LogP contribution in [0.5, 0.6) is 0 Å². The van der Waals surface area contributed by atoms with Crippen LogP contribution in [0.1, 0.15) is 33.9 Å². The molecule has 0 saturated heterocycles. The third kappa shape index (κ3) is 4.76. The molecule has 0 bridgehead atoms. The maximum Gasteiger partial charge on any atom is 0.165 e. The highest BCUT2D eigenvalue weighted by molar-refractivity contribution is 5.96. The summed E-state index contributed by atoms with van der Waals surface area (Å²) in [6.45, 7) is 1.93. The Labute approximate surface area is 155 Å². The van der Waals surface area contributed by atoms with Crippen molar-refractivity contribution in [2.24, 2.45) is 0 Å². The third-order valence-corrected chi connectivity index (χ3v) is 4.27. The lowest BCUT2D eigenvalue weighted by molar-refractivity contribution is 0.0976. The molecule has 3 rings (SSSR count). The summed E-state index contributed by atoms with van der Waals surface area (Å²) in [5.41, 5.74) is 2.42. The van der Waals surface area contributed by atoms with Crippen molar-refractivity contribution in [3.05, 3.63) is 101 Å². The predicted octanol–water partition coefficient (Wildman–Crippen LogP) is 5.84. The predicted molar refractivity (Wildman–Crippen MR) is 99.2 cm³/mol. The Hall–Kier alpha value is -3.08. The first kappa shape index (κ1) is 18.7. The first-order valence-corrected chi connectivity index (χ1v) is 8.49. The molecule has 0 saturated carbocycles. The van der Waals surface area contributed by atoms with Gasteiger partial charge in [-0.3, -0.25) is 4.79 Å². The maximum absolute atomic E-state index is 13.7. The second-order valence-corrected chi connectivity index (χ2v) is 6.37. The Morgan fingerprint density at radius 1 is 0.926 bits per heavy atom. The van der Waals surface area contributed by atoms with E-state index in [-0.39, 0.29) is 12.2 Å². The van der Waals surface area contributed by atoms with Gasteiger partial charge in [0.1, 0.15) is 5.82 Å². The molecule has 0 fully saturated rings. The number of hydrogen-bond acceptors (Lipinski definition) is 2. The highest BCUT2D eigenvalue weighted by Gasteiger charge is 2.18. The van der Waals surface area contributed by atoms with Gasteiger partial charge in [0, 0.05) is 23.7 Å². The number of benzene rings is 3. The van der Waals surface area contributed by atoms with E-state index >= 15 is 0 Å². The van der Waals surface area contributed by atoms with Crippen molar-refractivity contribution in [1.29, 1.82) is 0 Å². The van der Waals surface area contributed by atoms with E-state index in [2.05, 4.69) is 5.32 Å². The van der Waals surface area contributed by atoms with Crippen LogP contribution in [0.3, 0.4) is 0 Å². The zero-order chi connectivity index (χ0) is 19.4. The number of carbonyl (C=O) groups excluding carboxylic acids is 1. The first-order valence-electron chi connectivity index (χ1n) is 8.49. The van der Waals surface area contributed by atoms with Crippen molar-refractivity contribution < 1.29 is 18.0 Å². The highest BCUT2D eigenvalue weighted by atomic mass is 19.2. The number of anilines is 1. The molecule has 0 amide bonds. The fraction of sp³-hybridized carbons (Fsp3) is 0.136. The van der Waals surface area contributed by atoms with Crippen molar-refractivity contribution in [1.82, 2.24) is 0 Å². The molecule has 1 N–H and O–H groups in total. The van der Waals surface area contributed by atoms with E-state index in [1.165, 1.54) is 18.2 Å². The van der Waals surface area contributed by atoms with Gasteiger partial charge in [-0.2, -0.15) is 0 Å². The molecule has 5 heteroatoms. The summed E-state index contributed by atoms with van der Waals surface area (Å²) in [4.78, 5) is 12.7. The molecule has 0 heterocycles. The molecule has 2 nitrogen and oxygen atoms in total.